The second-order valence-electron chi connectivity index (χ2n) is 9.92. The first-order valence-corrected chi connectivity index (χ1v) is 16.0. The van der Waals surface area contributed by atoms with E-state index in [1.54, 1.807) is 31.4 Å². The van der Waals surface area contributed by atoms with Crippen LogP contribution in [0.3, 0.4) is 0 Å². The number of allylic oxidation sites excluding steroid dienone is 3. The fourth-order valence-corrected chi connectivity index (χ4v) is 6.53. The summed E-state index contributed by atoms with van der Waals surface area (Å²) in [4.78, 5) is 17.0. The third-order valence-corrected chi connectivity index (χ3v) is 8.79. The van der Waals surface area contributed by atoms with Gasteiger partial charge in [-0.2, -0.15) is 9.59 Å². The van der Waals surface area contributed by atoms with Gasteiger partial charge in [-0.15, -0.1) is 0 Å². The Morgan fingerprint density at radius 2 is 2.00 bits per heavy atom. The summed E-state index contributed by atoms with van der Waals surface area (Å²) in [7, 11) is -7.43. The molecule has 0 radical (unpaired) electrons. The third kappa shape index (κ3) is 7.36. The van der Waals surface area contributed by atoms with E-state index in [1.165, 1.54) is 29.1 Å². The Kier molecular flexibility index (Phi) is 8.81. The molecule has 2 aliphatic heterocycles. The van der Waals surface area contributed by atoms with Crippen molar-refractivity contribution in [2.45, 2.75) is 41.0 Å². The van der Waals surface area contributed by atoms with Crippen LogP contribution < -0.4 is 20.2 Å². The highest BCUT2D eigenvalue weighted by Gasteiger charge is 2.37. The minimum atomic E-state index is -3.88. The standard InChI is InChI=1S/C24H34N5O5PS2/c1-8-34-35(31)20-15-18(27-37(7,32)33)9-10-19(20)25-22(26-35)21-17(3)16(2)11-14-36-28-29(23(21)30)13-12-24(4,5)6/h9-11,14-15,27-28H,2,8,12-13H2,1,3-7H3,(H,25,26,31)/b14-11-,21-17?. The van der Waals surface area contributed by atoms with Crippen LogP contribution in [0.1, 0.15) is 41.0 Å². The number of anilines is 2. The largest absolute Gasteiger partial charge is 0.348 e. The number of hydrogen-bond donors (Lipinski definition) is 3. The molecule has 0 aromatic heterocycles. The van der Waals surface area contributed by atoms with Crippen LogP contribution in [0.15, 0.2) is 57.7 Å². The zero-order valence-corrected chi connectivity index (χ0v) is 24.4. The monoisotopic (exact) mass is 567 g/mol. The lowest BCUT2D eigenvalue weighted by atomic mass is 9.92. The molecule has 0 bridgehead atoms. The number of amides is 1. The predicted molar refractivity (Wildman–Crippen MR) is 152 cm³/mol. The molecule has 1 atom stereocenters. The molecule has 1 amide bonds. The van der Waals surface area contributed by atoms with Gasteiger partial charge >= 0.3 is 7.52 Å². The normalized spacial score (nSPS) is 21.9. The first-order chi connectivity index (χ1) is 17.1. The third-order valence-electron chi connectivity index (χ3n) is 5.53. The van der Waals surface area contributed by atoms with Crippen molar-refractivity contribution >= 4 is 57.9 Å². The quantitative estimate of drug-likeness (QED) is 0.323. The minimum Gasteiger partial charge on any atom is -0.339 e. The highest BCUT2D eigenvalue weighted by molar-refractivity contribution is 8.00. The van der Waals surface area contributed by atoms with Gasteiger partial charge in [-0.1, -0.05) is 27.4 Å². The van der Waals surface area contributed by atoms with Crippen LogP contribution in [-0.2, 0) is 23.9 Å². The van der Waals surface area contributed by atoms with E-state index in [4.69, 9.17) is 4.52 Å². The summed E-state index contributed by atoms with van der Waals surface area (Å²) < 4.78 is 50.0. The molecule has 1 aromatic carbocycles. The van der Waals surface area contributed by atoms with Crippen LogP contribution in [0, 0.1) is 5.41 Å². The van der Waals surface area contributed by atoms with Gasteiger partial charge in [0, 0.05) is 12.2 Å². The van der Waals surface area contributed by atoms with Crippen molar-refractivity contribution in [3.8, 4) is 0 Å². The number of carbonyl (C=O) groups excluding carboxylic acids is 1. The molecule has 10 nitrogen and oxygen atoms in total. The molecule has 2 heterocycles. The molecule has 1 aromatic rings. The molecular formula is C24H34N5O5PS2. The molecule has 0 saturated carbocycles. The van der Waals surface area contributed by atoms with Crippen LogP contribution in [0.5, 0.6) is 0 Å². The van der Waals surface area contributed by atoms with Gasteiger partial charge in [0.05, 0.1) is 29.4 Å². The minimum absolute atomic E-state index is 0.00859. The average molecular weight is 568 g/mol. The summed E-state index contributed by atoms with van der Waals surface area (Å²) in [5.74, 6) is -0.258. The van der Waals surface area contributed by atoms with Crippen LogP contribution >= 0.6 is 19.5 Å². The van der Waals surface area contributed by atoms with E-state index in [2.05, 4.69) is 47.0 Å². The molecule has 2 aliphatic rings. The second-order valence-corrected chi connectivity index (χ2v) is 14.3. The molecule has 3 N–H and O–H groups in total. The summed E-state index contributed by atoms with van der Waals surface area (Å²) in [6.07, 6.45) is 3.55. The SMILES string of the molecule is C=C1/C=C\SNN(CCC(C)(C)C)C(=O)C(C2=NP(=O)(OCC)c3cc(NS(C)(=O)=O)ccc3N2)=C1C. The van der Waals surface area contributed by atoms with E-state index < -0.39 is 17.5 Å². The number of amidine groups is 1. The van der Waals surface area contributed by atoms with E-state index in [0.717, 1.165) is 12.7 Å². The number of fused-ring (bicyclic) bond motifs is 1. The Morgan fingerprint density at radius 3 is 2.62 bits per heavy atom. The number of benzene rings is 1. The average Bonchev–Trinajstić information content (AvgIpc) is 2.81. The van der Waals surface area contributed by atoms with Gasteiger partial charge in [-0.25, -0.2) is 8.42 Å². The maximum atomic E-state index is 14.1. The lowest BCUT2D eigenvalue weighted by Crippen LogP contribution is -2.44. The molecular weight excluding hydrogens is 533 g/mol. The lowest BCUT2D eigenvalue weighted by Gasteiger charge is -2.30. The Morgan fingerprint density at radius 1 is 1.30 bits per heavy atom. The number of hydrazine groups is 1. The zero-order chi connectivity index (χ0) is 27.6. The molecule has 0 spiro atoms. The number of nitrogens with one attached hydrogen (secondary N) is 3. The maximum absolute atomic E-state index is 14.1. The van der Waals surface area contributed by atoms with Crippen molar-refractivity contribution in [1.82, 2.24) is 9.84 Å². The summed E-state index contributed by atoms with van der Waals surface area (Å²) in [5.41, 5.74) is 2.00. The summed E-state index contributed by atoms with van der Waals surface area (Å²) >= 11 is 1.25. The van der Waals surface area contributed by atoms with Crippen molar-refractivity contribution in [3.63, 3.8) is 0 Å². The lowest BCUT2D eigenvalue weighted by molar-refractivity contribution is -0.128. The van der Waals surface area contributed by atoms with Gasteiger partial charge < -0.3 is 9.84 Å². The molecule has 202 valence electrons. The van der Waals surface area contributed by atoms with E-state index in [-0.39, 0.29) is 40.3 Å². The van der Waals surface area contributed by atoms with Crippen LogP contribution in [0.2, 0.25) is 0 Å². The van der Waals surface area contributed by atoms with Crippen LogP contribution in [-0.4, -0.2) is 44.6 Å². The summed E-state index contributed by atoms with van der Waals surface area (Å²) in [5, 5.41) is 6.66. The summed E-state index contributed by atoms with van der Waals surface area (Å²) in [6.45, 7) is 14.4. The number of nitrogens with zero attached hydrogens (tertiary/aromatic N) is 2. The van der Waals surface area contributed by atoms with Gasteiger partial charge in [0.25, 0.3) is 5.91 Å². The highest BCUT2D eigenvalue weighted by Crippen LogP contribution is 2.52. The topological polar surface area (TPSA) is 129 Å². The molecule has 1 unspecified atom stereocenters. The van der Waals surface area contributed by atoms with Gasteiger partial charge in [-0.05, 0) is 78.5 Å². The van der Waals surface area contributed by atoms with Crippen LogP contribution in [0.25, 0.3) is 0 Å². The van der Waals surface area contributed by atoms with E-state index in [0.29, 0.717) is 23.4 Å². The van der Waals surface area contributed by atoms with Gasteiger partial charge in [-0.3, -0.25) is 19.1 Å². The van der Waals surface area contributed by atoms with Gasteiger partial charge in [0.2, 0.25) is 10.0 Å². The fourth-order valence-electron chi connectivity index (χ4n) is 3.58. The second kappa shape index (κ2) is 11.2. The number of hydrogen-bond acceptors (Lipinski definition) is 8. The van der Waals surface area contributed by atoms with Gasteiger partial charge in [0.1, 0.15) is 5.84 Å². The Labute approximate surface area is 223 Å². The maximum Gasteiger partial charge on any atom is 0.348 e. The Balaban J connectivity index is 2.13. The van der Waals surface area contributed by atoms with Crippen molar-refractivity contribution in [1.29, 1.82) is 0 Å². The van der Waals surface area contributed by atoms with Crippen molar-refractivity contribution in [3.05, 3.63) is 53.0 Å². The van der Waals surface area contributed by atoms with E-state index in [1.807, 2.05) is 0 Å². The first-order valence-electron chi connectivity index (χ1n) is 11.7. The zero-order valence-electron chi connectivity index (χ0n) is 21.9. The van der Waals surface area contributed by atoms with Gasteiger partial charge in [0.15, 0.2) is 0 Å². The van der Waals surface area contributed by atoms with E-state index in [9.17, 15) is 17.8 Å². The van der Waals surface area contributed by atoms with Crippen molar-refractivity contribution in [2.24, 2.45) is 10.2 Å². The number of rotatable bonds is 7. The summed E-state index contributed by atoms with van der Waals surface area (Å²) in [6, 6.07) is 4.55. The molecule has 3 rings (SSSR count). The van der Waals surface area contributed by atoms with E-state index >= 15 is 0 Å². The van der Waals surface area contributed by atoms with Crippen LogP contribution in [0.4, 0.5) is 11.4 Å². The molecule has 0 saturated heterocycles. The number of carbonyl (C=O) groups is 1. The van der Waals surface area contributed by atoms with Crippen molar-refractivity contribution < 1.29 is 22.3 Å². The Bertz CT molecular complexity index is 1350. The fraction of sp³-hybridized carbons (Fsp3) is 0.417. The molecule has 37 heavy (non-hydrogen) atoms. The predicted octanol–water partition coefficient (Wildman–Crippen LogP) is 4.55. The van der Waals surface area contributed by atoms with Crippen molar-refractivity contribution in [2.75, 3.05) is 29.4 Å². The first kappa shape index (κ1) is 29.2. The molecule has 0 aliphatic carbocycles. The Hall–Kier alpha value is -2.37. The highest BCUT2D eigenvalue weighted by atomic mass is 32.2. The number of sulfonamides is 1. The smallest absolute Gasteiger partial charge is 0.339 e. The molecule has 13 heteroatoms. The molecule has 0 fully saturated rings.